The number of rotatable bonds is 2. The lowest BCUT2D eigenvalue weighted by Gasteiger charge is -2.47. The van der Waals surface area contributed by atoms with Crippen LogP contribution in [0.1, 0.15) is 52.1 Å². The Labute approximate surface area is 135 Å². The van der Waals surface area contributed by atoms with E-state index < -0.39 is 5.60 Å². The maximum atomic E-state index is 11.1. The number of hydrogen-bond donors (Lipinski definition) is 3. The van der Waals surface area contributed by atoms with Crippen LogP contribution in [0.2, 0.25) is 0 Å². The Balaban J connectivity index is 2.00. The number of aromatic amines is 2. The molecule has 122 valence electrons. The molecule has 5 nitrogen and oxygen atoms in total. The number of hydrogen-bond acceptors (Lipinski definition) is 3. The third-order valence-corrected chi connectivity index (χ3v) is 5.88. The lowest BCUT2D eigenvalue weighted by atomic mass is 9.60. The third-order valence-electron chi connectivity index (χ3n) is 5.88. The highest BCUT2D eigenvalue weighted by Gasteiger charge is 2.49. The largest absolute Gasteiger partial charge is 0.389 e. The zero-order valence-corrected chi connectivity index (χ0v) is 14.0. The molecule has 4 rings (SSSR count). The molecule has 5 heteroatoms. The molecule has 0 amide bonds. The molecule has 3 aromatic heterocycles. The number of H-pyrrole nitrogens is 2. The van der Waals surface area contributed by atoms with Gasteiger partial charge in [-0.3, -0.25) is 5.10 Å². The van der Waals surface area contributed by atoms with Gasteiger partial charge in [0.15, 0.2) is 0 Å². The first-order chi connectivity index (χ1) is 10.9. The minimum absolute atomic E-state index is 0.292. The van der Waals surface area contributed by atoms with E-state index in [1.54, 1.807) is 6.20 Å². The first kappa shape index (κ1) is 14.7. The Morgan fingerprint density at radius 1 is 1.30 bits per heavy atom. The van der Waals surface area contributed by atoms with Gasteiger partial charge >= 0.3 is 0 Å². The molecule has 3 heterocycles. The minimum Gasteiger partial charge on any atom is -0.389 e. The SMILES string of the molecule is CC1CCC(c2[nH]nc3cnc4[nH]ccc4c23)(C(C)(C)O)CC1. The summed E-state index contributed by atoms with van der Waals surface area (Å²) in [5.74, 6) is 0.716. The van der Waals surface area contributed by atoms with Crippen LogP contribution in [0.25, 0.3) is 21.9 Å². The van der Waals surface area contributed by atoms with E-state index in [2.05, 4.69) is 27.1 Å². The van der Waals surface area contributed by atoms with Crippen LogP contribution in [0.5, 0.6) is 0 Å². The first-order valence-electron chi connectivity index (χ1n) is 8.45. The topological polar surface area (TPSA) is 77.6 Å². The fraction of sp³-hybridized carbons (Fsp3) is 0.556. The number of nitrogens with zero attached hydrogens (tertiary/aromatic N) is 2. The monoisotopic (exact) mass is 312 g/mol. The summed E-state index contributed by atoms with van der Waals surface area (Å²) >= 11 is 0. The van der Waals surface area contributed by atoms with Crippen molar-refractivity contribution >= 4 is 21.9 Å². The summed E-state index contributed by atoms with van der Waals surface area (Å²) < 4.78 is 0. The van der Waals surface area contributed by atoms with Crippen molar-refractivity contribution in [1.82, 2.24) is 20.2 Å². The summed E-state index contributed by atoms with van der Waals surface area (Å²) in [6.45, 7) is 6.17. The quantitative estimate of drug-likeness (QED) is 0.676. The van der Waals surface area contributed by atoms with E-state index in [1.165, 1.54) is 0 Å². The second kappa shape index (κ2) is 4.81. The normalized spacial score (nSPS) is 26.2. The predicted molar refractivity (Wildman–Crippen MR) is 91.4 cm³/mol. The van der Waals surface area contributed by atoms with Gasteiger partial charge in [-0.1, -0.05) is 6.92 Å². The number of aromatic nitrogens is 4. The molecule has 0 spiro atoms. The van der Waals surface area contributed by atoms with Gasteiger partial charge in [0.1, 0.15) is 11.2 Å². The fourth-order valence-corrected chi connectivity index (χ4v) is 4.29. The van der Waals surface area contributed by atoms with Gasteiger partial charge in [0.05, 0.1) is 17.5 Å². The average Bonchev–Trinajstić information content (AvgIpc) is 3.12. The highest BCUT2D eigenvalue weighted by atomic mass is 16.3. The summed E-state index contributed by atoms with van der Waals surface area (Å²) in [4.78, 5) is 7.60. The molecule has 0 radical (unpaired) electrons. The Hall–Kier alpha value is -1.88. The Morgan fingerprint density at radius 2 is 2.04 bits per heavy atom. The van der Waals surface area contributed by atoms with Gasteiger partial charge in [0.2, 0.25) is 0 Å². The minimum atomic E-state index is -0.807. The molecule has 1 aliphatic rings. The van der Waals surface area contributed by atoms with Crippen molar-refractivity contribution < 1.29 is 5.11 Å². The van der Waals surface area contributed by atoms with E-state index in [1.807, 2.05) is 26.1 Å². The molecule has 3 N–H and O–H groups in total. The molecule has 0 aromatic carbocycles. The average molecular weight is 312 g/mol. The zero-order chi connectivity index (χ0) is 16.2. The Bertz CT molecular complexity index is 847. The molecule has 0 unspecified atom stereocenters. The van der Waals surface area contributed by atoms with Crippen LogP contribution in [-0.4, -0.2) is 30.9 Å². The third kappa shape index (κ3) is 2.02. The van der Waals surface area contributed by atoms with Crippen LogP contribution < -0.4 is 0 Å². The summed E-state index contributed by atoms with van der Waals surface area (Å²) in [5.41, 5.74) is 1.71. The summed E-state index contributed by atoms with van der Waals surface area (Å²) in [6, 6.07) is 2.05. The predicted octanol–water partition coefficient (Wildman–Crippen LogP) is 3.66. The number of aliphatic hydroxyl groups is 1. The Kier molecular flexibility index (Phi) is 3.07. The first-order valence-corrected chi connectivity index (χ1v) is 8.45. The second-order valence-corrected chi connectivity index (χ2v) is 7.68. The summed E-state index contributed by atoms with van der Waals surface area (Å²) in [5, 5.41) is 21.0. The number of fused-ring (bicyclic) bond motifs is 3. The van der Waals surface area contributed by atoms with E-state index in [0.29, 0.717) is 5.92 Å². The highest BCUT2D eigenvalue weighted by molar-refractivity contribution is 6.05. The molecule has 0 bridgehead atoms. The molecule has 1 saturated carbocycles. The maximum absolute atomic E-state index is 11.1. The van der Waals surface area contributed by atoms with Gasteiger partial charge in [0, 0.05) is 22.4 Å². The number of pyridine rings is 1. The molecule has 0 saturated heterocycles. The zero-order valence-electron chi connectivity index (χ0n) is 14.0. The van der Waals surface area contributed by atoms with E-state index in [-0.39, 0.29) is 5.41 Å². The van der Waals surface area contributed by atoms with Crippen molar-refractivity contribution in [2.75, 3.05) is 0 Å². The smallest absolute Gasteiger partial charge is 0.138 e. The van der Waals surface area contributed by atoms with Crippen LogP contribution in [0, 0.1) is 5.92 Å². The van der Waals surface area contributed by atoms with Crippen molar-refractivity contribution in [1.29, 1.82) is 0 Å². The van der Waals surface area contributed by atoms with Gasteiger partial charge in [-0.2, -0.15) is 5.10 Å². The lowest BCUT2D eigenvalue weighted by Crippen LogP contribution is -2.50. The molecule has 3 aromatic rings. The molecule has 0 aliphatic heterocycles. The van der Waals surface area contributed by atoms with Gasteiger partial charge < -0.3 is 10.1 Å². The van der Waals surface area contributed by atoms with Crippen molar-refractivity contribution in [2.24, 2.45) is 5.92 Å². The van der Waals surface area contributed by atoms with E-state index in [4.69, 9.17) is 0 Å². The van der Waals surface area contributed by atoms with Crippen molar-refractivity contribution in [3.63, 3.8) is 0 Å². The van der Waals surface area contributed by atoms with E-state index in [0.717, 1.165) is 53.3 Å². The molecular weight excluding hydrogens is 288 g/mol. The molecule has 1 aliphatic carbocycles. The second-order valence-electron chi connectivity index (χ2n) is 7.68. The van der Waals surface area contributed by atoms with Crippen molar-refractivity contribution in [2.45, 2.75) is 57.5 Å². The van der Waals surface area contributed by atoms with E-state index >= 15 is 0 Å². The van der Waals surface area contributed by atoms with Gasteiger partial charge in [0.25, 0.3) is 0 Å². The van der Waals surface area contributed by atoms with Gasteiger partial charge in [-0.05, 0) is 51.5 Å². The van der Waals surface area contributed by atoms with Crippen molar-refractivity contribution in [3.05, 3.63) is 24.2 Å². The van der Waals surface area contributed by atoms with Crippen LogP contribution in [0.15, 0.2) is 18.5 Å². The summed E-state index contributed by atoms with van der Waals surface area (Å²) in [7, 11) is 0. The van der Waals surface area contributed by atoms with Crippen LogP contribution >= 0.6 is 0 Å². The maximum Gasteiger partial charge on any atom is 0.138 e. The van der Waals surface area contributed by atoms with E-state index in [9.17, 15) is 5.11 Å². The standard InChI is InChI=1S/C18H24N4O/c1-11-4-7-18(8-5-11,17(2,3)23)15-14-12-6-9-19-16(12)20-10-13(14)21-22-15/h6,9-11,23H,4-5,7-8H2,1-3H3,(H,19,20)(H,21,22). The van der Waals surface area contributed by atoms with Crippen LogP contribution in [0.4, 0.5) is 0 Å². The molecule has 1 fully saturated rings. The lowest BCUT2D eigenvalue weighted by molar-refractivity contribution is -0.0333. The van der Waals surface area contributed by atoms with Gasteiger partial charge in [-0.15, -0.1) is 0 Å². The van der Waals surface area contributed by atoms with Crippen LogP contribution in [0.3, 0.4) is 0 Å². The van der Waals surface area contributed by atoms with Crippen LogP contribution in [-0.2, 0) is 5.41 Å². The highest BCUT2D eigenvalue weighted by Crippen LogP contribution is 2.50. The Morgan fingerprint density at radius 3 is 2.74 bits per heavy atom. The van der Waals surface area contributed by atoms with Crippen molar-refractivity contribution in [3.8, 4) is 0 Å². The molecule has 23 heavy (non-hydrogen) atoms. The summed E-state index contributed by atoms with van der Waals surface area (Å²) in [6.07, 6.45) is 7.93. The number of nitrogens with one attached hydrogen (secondary N) is 2. The van der Waals surface area contributed by atoms with Gasteiger partial charge in [-0.25, -0.2) is 4.98 Å². The molecular formula is C18H24N4O. The fourth-order valence-electron chi connectivity index (χ4n) is 4.29. The molecule has 0 atom stereocenters.